The molecule has 0 amide bonds. The predicted octanol–water partition coefficient (Wildman–Crippen LogP) is 13.6. The van der Waals surface area contributed by atoms with Crippen molar-refractivity contribution >= 4 is 71.6 Å². The highest BCUT2D eigenvalue weighted by molar-refractivity contribution is 6.18. The van der Waals surface area contributed by atoms with Crippen LogP contribution in [0.3, 0.4) is 0 Å². The SMILES string of the molecule is Cc1ccc(-n2c3ccccc3c3cc(N(c4ccccc4)c4cccc(-n5ccc6ccc7c8ccccc8n(-c8ccccc8)c7c65)c4)ccc32)cc1. The van der Waals surface area contributed by atoms with E-state index in [1.165, 1.54) is 60.1 Å². The molecule has 0 unspecified atom stereocenters. The van der Waals surface area contributed by atoms with Gasteiger partial charge in [-0.05, 0) is 97.9 Å². The molecular formula is C51H36N4. The molecule has 260 valence electrons. The summed E-state index contributed by atoms with van der Waals surface area (Å²) in [5.74, 6) is 0. The van der Waals surface area contributed by atoms with Crippen LogP contribution in [0.15, 0.2) is 200 Å². The van der Waals surface area contributed by atoms with Crippen LogP contribution in [0.2, 0.25) is 0 Å². The molecule has 11 rings (SSSR count). The topological polar surface area (TPSA) is 18.0 Å². The lowest BCUT2D eigenvalue weighted by Crippen LogP contribution is -2.10. The number of para-hydroxylation sites is 4. The average molecular weight is 705 g/mol. The number of hydrogen-bond acceptors (Lipinski definition) is 1. The number of rotatable bonds is 6. The first-order valence-corrected chi connectivity index (χ1v) is 18.9. The van der Waals surface area contributed by atoms with Crippen LogP contribution in [0, 0.1) is 6.92 Å². The molecule has 0 saturated heterocycles. The Labute approximate surface area is 319 Å². The Kier molecular flexibility index (Phi) is 7.04. The Morgan fingerprint density at radius 1 is 0.364 bits per heavy atom. The maximum absolute atomic E-state index is 2.42. The molecule has 0 saturated carbocycles. The second-order valence-electron chi connectivity index (χ2n) is 14.4. The third-order valence-electron chi connectivity index (χ3n) is 11.1. The first-order chi connectivity index (χ1) is 27.2. The Hall–Kier alpha value is -7.30. The lowest BCUT2D eigenvalue weighted by molar-refractivity contribution is 1.11. The van der Waals surface area contributed by atoms with Crippen LogP contribution < -0.4 is 4.90 Å². The van der Waals surface area contributed by atoms with Crippen molar-refractivity contribution < 1.29 is 0 Å². The van der Waals surface area contributed by atoms with Gasteiger partial charge in [0.05, 0.1) is 27.6 Å². The Morgan fingerprint density at radius 2 is 0.964 bits per heavy atom. The van der Waals surface area contributed by atoms with E-state index in [0.717, 1.165) is 34.1 Å². The summed E-state index contributed by atoms with van der Waals surface area (Å²) in [6, 6.07) is 70.3. The van der Waals surface area contributed by atoms with Crippen LogP contribution in [0.25, 0.3) is 71.6 Å². The Bertz CT molecular complexity index is 3200. The summed E-state index contributed by atoms with van der Waals surface area (Å²) in [7, 11) is 0. The van der Waals surface area contributed by atoms with E-state index in [1.807, 2.05) is 0 Å². The summed E-state index contributed by atoms with van der Waals surface area (Å²) >= 11 is 0. The van der Waals surface area contributed by atoms with Crippen LogP contribution in [0.4, 0.5) is 17.1 Å². The van der Waals surface area contributed by atoms with Crippen LogP contribution in [0.1, 0.15) is 5.56 Å². The normalized spacial score (nSPS) is 11.7. The molecule has 0 aliphatic carbocycles. The monoisotopic (exact) mass is 704 g/mol. The summed E-state index contributed by atoms with van der Waals surface area (Å²) in [4.78, 5) is 2.38. The fraction of sp³-hybridized carbons (Fsp3) is 0.0196. The number of anilines is 3. The fourth-order valence-corrected chi connectivity index (χ4v) is 8.61. The maximum Gasteiger partial charge on any atom is 0.0788 e. The van der Waals surface area contributed by atoms with Crippen molar-refractivity contribution in [3.63, 3.8) is 0 Å². The highest BCUT2D eigenvalue weighted by Gasteiger charge is 2.20. The highest BCUT2D eigenvalue weighted by atomic mass is 15.1. The molecule has 4 nitrogen and oxygen atoms in total. The van der Waals surface area contributed by atoms with E-state index in [9.17, 15) is 0 Å². The van der Waals surface area contributed by atoms with Gasteiger partial charge in [-0.15, -0.1) is 0 Å². The zero-order valence-electron chi connectivity index (χ0n) is 30.3. The van der Waals surface area contributed by atoms with E-state index in [0.29, 0.717) is 0 Å². The van der Waals surface area contributed by atoms with Gasteiger partial charge in [-0.3, -0.25) is 0 Å². The molecule has 0 bridgehead atoms. The van der Waals surface area contributed by atoms with Gasteiger partial charge in [0.25, 0.3) is 0 Å². The fourth-order valence-electron chi connectivity index (χ4n) is 8.61. The number of nitrogens with zero attached hydrogens (tertiary/aromatic N) is 4. The van der Waals surface area contributed by atoms with Gasteiger partial charge < -0.3 is 18.6 Å². The van der Waals surface area contributed by atoms with E-state index in [4.69, 9.17) is 0 Å². The van der Waals surface area contributed by atoms with Gasteiger partial charge in [0, 0.05) is 67.3 Å². The van der Waals surface area contributed by atoms with Gasteiger partial charge in [-0.2, -0.15) is 0 Å². The predicted molar refractivity (Wildman–Crippen MR) is 231 cm³/mol. The molecule has 4 heteroatoms. The first kappa shape index (κ1) is 31.2. The van der Waals surface area contributed by atoms with Gasteiger partial charge in [0.15, 0.2) is 0 Å². The molecule has 0 atom stereocenters. The zero-order valence-corrected chi connectivity index (χ0v) is 30.3. The average Bonchev–Trinajstić information content (AvgIpc) is 3.93. The van der Waals surface area contributed by atoms with Crippen molar-refractivity contribution in [1.82, 2.24) is 13.7 Å². The summed E-state index contributed by atoms with van der Waals surface area (Å²) in [5, 5.41) is 6.15. The van der Waals surface area contributed by atoms with Crippen LogP contribution in [0.5, 0.6) is 0 Å². The first-order valence-electron chi connectivity index (χ1n) is 18.9. The van der Waals surface area contributed by atoms with Gasteiger partial charge in [-0.1, -0.05) is 109 Å². The minimum Gasteiger partial charge on any atom is -0.315 e. The van der Waals surface area contributed by atoms with Crippen LogP contribution in [-0.2, 0) is 0 Å². The summed E-state index contributed by atoms with van der Waals surface area (Å²) in [6.07, 6.45) is 2.22. The molecule has 0 N–H and O–H groups in total. The van der Waals surface area contributed by atoms with E-state index in [-0.39, 0.29) is 0 Å². The zero-order chi connectivity index (χ0) is 36.5. The van der Waals surface area contributed by atoms with Gasteiger partial charge in [0.2, 0.25) is 0 Å². The summed E-state index contributed by atoms with van der Waals surface area (Å²) < 4.78 is 7.17. The molecule has 11 aromatic rings. The molecule has 3 heterocycles. The van der Waals surface area contributed by atoms with Crippen LogP contribution >= 0.6 is 0 Å². The summed E-state index contributed by atoms with van der Waals surface area (Å²) in [5.41, 5.74) is 13.9. The third-order valence-corrected chi connectivity index (χ3v) is 11.1. The minimum absolute atomic E-state index is 1.09. The molecule has 8 aromatic carbocycles. The molecule has 0 radical (unpaired) electrons. The summed E-state index contributed by atoms with van der Waals surface area (Å²) in [6.45, 7) is 2.14. The van der Waals surface area contributed by atoms with E-state index < -0.39 is 0 Å². The number of fused-ring (bicyclic) bond motifs is 8. The molecule has 0 fully saturated rings. The highest BCUT2D eigenvalue weighted by Crippen LogP contribution is 2.42. The molecule has 3 aromatic heterocycles. The van der Waals surface area contributed by atoms with Gasteiger partial charge in [0.1, 0.15) is 0 Å². The Balaban J connectivity index is 1.12. The molecular weight excluding hydrogens is 669 g/mol. The van der Waals surface area contributed by atoms with E-state index >= 15 is 0 Å². The minimum atomic E-state index is 1.09. The maximum atomic E-state index is 2.42. The molecule has 0 aliphatic heterocycles. The second-order valence-corrected chi connectivity index (χ2v) is 14.4. The van der Waals surface area contributed by atoms with Crippen molar-refractivity contribution in [1.29, 1.82) is 0 Å². The largest absolute Gasteiger partial charge is 0.315 e. The standard InChI is InChI=1S/C51H36N4/c1-35-23-26-39(27-24-35)54-47-21-10-9-20-44(47)46-34-42(28-30-49(46)54)53(37-13-4-2-5-14-37)41-18-12-17-40(33-41)52-32-31-36-25-29-45-43-19-8-11-22-48(43)55(51(45)50(36)52)38-15-6-3-7-16-38/h2-34H,1H3. The lowest BCUT2D eigenvalue weighted by atomic mass is 10.1. The van der Waals surface area contributed by atoms with Crippen molar-refractivity contribution in [2.75, 3.05) is 4.90 Å². The van der Waals surface area contributed by atoms with Gasteiger partial charge >= 0.3 is 0 Å². The van der Waals surface area contributed by atoms with Crippen molar-refractivity contribution in [2.24, 2.45) is 0 Å². The molecule has 55 heavy (non-hydrogen) atoms. The number of aromatic nitrogens is 3. The lowest BCUT2D eigenvalue weighted by Gasteiger charge is -2.26. The van der Waals surface area contributed by atoms with Crippen LogP contribution in [-0.4, -0.2) is 13.7 Å². The van der Waals surface area contributed by atoms with E-state index in [1.54, 1.807) is 0 Å². The number of hydrogen-bond donors (Lipinski definition) is 0. The smallest absolute Gasteiger partial charge is 0.0788 e. The second kappa shape index (κ2) is 12.4. The van der Waals surface area contributed by atoms with Crippen molar-refractivity contribution in [2.45, 2.75) is 6.92 Å². The molecule has 0 spiro atoms. The number of aryl methyl sites for hydroxylation is 1. The molecule has 0 aliphatic rings. The quantitative estimate of drug-likeness (QED) is 0.168. The van der Waals surface area contributed by atoms with Crippen molar-refractivity contribution in [3.8, 4) is 17.1 Å². The van der Waals surface area contributed by atoms with E-state index in [2.05, 4.69) is 226 Å². The third kappa shape index (κ3) is 4.92. The van der Waals surface area contributed by atoms with Gasteiger partial charge in [-0.25, -0.2) is 0 Å². The van der Waals surface area contributed by atoms with Crippen molar-refractivity contribution in [3.05, 3.63) is 206 Å². The number of benzene rings is 8. The Morgan fingerprint density at radius 3 is 1.75 bits per heavy atom.